The van der Waals surface area contributed by atoms with Crippen molar-refractivity contribution in [1.82, 2.24) is 10.3 Å². The lowest BCUT2D eigenvalue weighted by atomic mass is 10.3. The quantitative estimate of drug-likeness (QED) is 0.717. The molecule has 1 aromatic heterocycles. The van der Waals surface area contributed by atoms with E-state index >= 15 is 0 Å². The lowest BCUT2D eigenvalue weighted by Crippen LogP contribution is -2.35. The molecule has 72 valence electrons. The highest BCUT2D eigenvalue weighted by Crippen LogP contribution is 2.05. The van der Waals surface area contributed by atoms with E-state index in [9.17, 15) is 4.79 Å². The van der Waals surface area contributed by atoms with Crippen molar-refractivity contribution >= 4 is 11.9 Å². The second-order valence-corrected chi connectivity index (χ2v) is 2.79. The largest absolute Gasteiger partial charge is 0.432 e. The molecule has 13 heavy (non-hydrogen) atoms. The van der Waals surface area contributed by atoms with Crippen molar-refractivity contribution in [2.45, 2.75) is 19.9 Å². The highest BCUT2D eigenvalue weighted by atomic mass is 16.4. The SMILES string of the molecule is CNC(C)C(=O)Nc1nc(C)co1. The Kier molecular flexibility index (Phi) is 3.02. The first kappa shape index (κ1) is 9.73. The van der Waals surface area contributed by atoms with Gasteiger partial charge in [-0.2, -0.15) is 4.98 Å². The molecule has 0 aromatic carbocycles. The average molecular weight is 183 g/mol. The molecule has 0 aliphatic carbocycles. The summed E-state index contributed by atoms with van der Waals surface area (Å²) in [5.41, 5.74) is 0.743. The summed E-state index contributed by atoms with van der Waals surface area (Å²) in [6.45, 7) is 3.55. The number of aryl methyl sites for hydroxylation is 1. The fraction of sp³-hybridized carbons (Fsp3) is 0.500. The average Bonchev–Trinajstić information content (AvgIpc) is 2.49. The summed E-state index contributed by atoms with van der Waals surface area (Å²) in [5, 5.41) is 5.34. The number of likely N-dealkylation sites (N-methyl/N-ethyl adjacent to an activating group) is 1. The summed E-state index contributed by atoms with van der Waals surface area (Å²) in [5.74, 6) is -0.163. The molecule has 0 saturated carbocycles. The van der Waals surface area contributed by atoms with Crippen molar-refractivity contribution in [3.63, 3.8) is 0 Å². The maximum Gasteiger partial charge on any atom is 0.301 e. The van der Waals surface area contributed by atoms with E-state index in [-0.39, 0.29) is 18.0 Å². The van der Waals surface area contributed by atoms with Crippen LogP contribution in [0.2, 0.25) is 0 Å². The standard InChI is InChI=1S/C8H13N3O2/c1-5-4-13-8(10-5)11-7(12)6(2)9-3/h4,6,9H,1-3H3,(H,10,11,12). The third-order valence-electron chi connectivity index (χ3n) is 1.68. The minimum Gasteiger partial charge on any atom is -0.432 e. The molecular weight excluding hydrogens is 170 g/mol. The van der Waals surface area contributed by atoms with E-state index in [4.69, 9.17) is 4.42 Å². The molecule has 1 unspecified atom stereocenters. The third-order valence-corrected chi connectivity index (χ3v) is 1.68. The van der Waals surface area contributed by atoms with E-state index in [1.165, 1.54) is 6.26 Å². The van der Waals surface area contributed by atoms with Gasteiger partial charge in [-0.25, -0.2) is 0 Å². The minimum absolute atomic E-state index is 0.163. The van der Waals surface area contributed by atoms with Crippen LogP contribution in [-0.2, 0) is 4.79 Å². The number of oxazole rings is 1. The molecule has 1 aromatic rings. The molecule has 1 amide bonds. The first-order valence-corrected chi connectivity index (χ1v) is 4.03. The first-order valence-electron chi connectivity index (χ1n) is 4.03. The Balaban J connectivity index is 2.54. The highest BCUT2D eigenvalue weighted by Gasteiger charge is 2.12. The fourth-order valence-corrected chi connectivity index (χ4v) is 0.756. The van der Waals surface area contributed by atoms with Crippen molar-refractivity contribution in [2.75, 3.05) is 12.4 Å². The van der Waals surface area contributed by atoms with Crippen LogP contribution in [0.4, 0.5) is 6.01 Å². The van der Waals surface area contributed by atoms with Gasteiger partial charge in [0, 0.05) is 0 Å². The summed E-state index contributed by atoms with van der Waals surface area (Å²) >= 11 is 0. The molecule has 0 bridgehead atoms. The van der Waals surface area contributed by atoms with Crippen molar-refractivity contribution in [2.24, 2.45) is 0 Å². The van der Waals surface area contributed by atoms with Gasteiger partial charge in [-0.1, -0.05) is 0 Å². The van der Waals surface area contributed by atoms with Crippen molar-refractivity contribution in [3.8, 4) is 0 Å². The number of carbonyl (C=O) groups is 1. The number of hydrogen-bond acceptors (Lipinski definition) is 4. The zero-order valence-electron chi connectivity index (χ0n) is 7.92. The van der Waals surface area contributed by atoms with Gasteiger partial charge in [0.25, 0.3) is 0 Å². The second-order valence-electron chi connectivity index (χ2n) is 2.79. The molecule has 1 atom stereocenters. The van der Waals surface area contributed by atoms with Gasteiger partial charge in [0.1, 0.15) is 6.26 Å². The minimum atomic E-state index is -0.257. The molecule has 0 radical (unpaired) electrons. The van der Waals surface area contributed by atoms with Crippen LogP contribution in [0.5, 0.6) is 0 Å². The van der Waals surface area contributed by atoms with Crippen molar-refractivity contribution in [3.05, 3.63) is 12.0 Å². The van der Waals surface area contributed by atoms with E-state index in [0.29, 0.717) is 0 Å². The van der Waals surface area contributed by atoms with Crippen LogP contribution < -0.4 is 10.6 Å². The van der Waals surface area contributed by atoms with Crippen molar-refractivity contribution < 1.29 is 9.21 Å². The van der Waals surface area contributed by atoms with Gasteiger partial charge in [-0.05, 0) is 20.9 Å². The molecule has 5 heteroatoms. The van der Waals surface area contributed by atoms with Gasteiger partial charge < -0.3 is 9.73 Å². The Labute approximate surface area is 76.5 Å². The Morgan fingerprint density at radius 3 is 2.85 bits per heavy atom. The van der Waals surface area contributed by atoms with Crippen molar-refractivity contribution in [1.29, 1.82) is 0 Å². The smallest absolute Gasteiger partial charge is 0.301 e. The number of aromatic nitrogens is 1. The summed E-state index contributed by atoms with van der Waals surface area (Å²) < 4.78 is 4.96. The maximum atomic E-state index is 11.3. The van der Waals surface area contributed by atoms with E-state index in [1.807, 2.05) is 0 Å². The molecular formula is C8H13N3O2. The van der Waals surface area contributed by atoms with Crippen LogP contribution in [0.25, 0.3) is 0 Å². The van der Waals surface area contributed by atoms with E-state index in [0.717, 1.165) is 5.69 Å². The predicted octanol–water partition coefficient (Wildman–Crippen LogP) is 0.529. The monoisotopic (exact) mass is 183 g/mol. The molecule has 0 saturated heterocycles. The van der Waals surface area contributed by atoms with Crippen LogP contribution in [0.1, 0.15) is 12.6 Å². The normalized spacial score (nSPS) is 12.5. The molecule has 0 spiro atoms. The lowest BCUT2D eigenvalue weighted by Gasteiger charge is -2.07. The number of nitrogens with one attached hydrogen (secondary N) is 2. The van der Waals surface area contributed by atoms with E-state index in [1.54, 1.807) is 20.9 Å². The predicted molar refractivity (Wildman–Crippen MR) is 48.4 cm³/mol. The summed E-state index contributed by atoms with van der Waals surface area (Å²) in [6.07, 6.45) is 1.49. The van der Waals surface area contributed by atoms with Crippen LogP contribution in [-0.4, -0.2) is 24.0 Å². The summed E-state index contributed by atoms with van der Waals surface area (Å²) in [6, 6.07) is -0.0168. The van der Waals surface area contributed by atoms with Crippen LogP contribution >= 0.6 is 0 Å². The molecule has 0 aliphatic heterocycles. The number of anilines is 1. The number of rotatable bonds is 3. The second kappa shape index (κ2) is 4.04. The Bertz CT molecular complexity index is 295. The number of hydrogen-bond donors (Lipinski definition) is 2. The highest BCUT2D eigenvalue weighted by molar-refractivity contribution is 5.92. The maximum absolute atomic E-state index is 11.3. The third kappa shape index (κ3) is 2.55. The fourth-order valence-electron chi connectivity index (χ4n) is 0.756. The van der Waals surface area contributed by atoms with E-state index in [2.05, 4.69) is 15.6 Å². The van der Waals surface area contributed by atoms with Gasteiger partial charge in [0.15, 0.2) is 0 Å². The molecule has 2 N–H and O–H groups in total. The van der Waals surface area contributed by atoms with Crippen LogP contribution in [0.15, 0.2) is 10.7 Å². The van der Waals surface area contributed by atoms with Crippen LogP contribution in [0.3, 0.4) is 0 Å². The molecule has 1 heterocycles. The Morgan fingerprint density at radius 2 is 2.38 bits per heavy atom. The summed E-state index contributed by atoms with van der Waals surface area (Å²) in [4.78, 5) is 15.2. The zero-order chi connectivity index (χ0) is 9.84. The lowest BCUT2D eigenvalue weighted by molar-refractivity contribution is -0.117. The molecule has 0 fully saturated rings. The van der Waals surface area contributed by atoms with Gasteiger partial charge >= 0.3 is 6.01 Å². The molecule has 0 aliphatic rings. The zero-order valence-corrected chi connectivity index (χ0v) is 7.92. The van der Waals surface area contributed by atoms with Gasteiger partial charge in [0.05, 0.1) is 11.7 Å². The topological polar surface area (TPSA) is 67.2 Å². The van der Waals surface area contributed by atoms with Gasteiger partial charge in [-0.15, -0.1) is 0 Å². The summed E-state index contributed by atoms with van der Waals surface area (Å²) in [7, 11) is 1.71. The number of nitrogens with zero attached hydrogens (tertiary/aromatic N) is 1. The first-order chi connectivity index (χ1) is 6.13. The number of carbonyl (C=O) groups excluding carboxylic acids is 1. The Morgan fingerprint density at radius 1 is 1.69 bits per heavy atom. The van der Waals surface area contributed by atoms with Gasteiger partial charge in [0.2, 0.25) is 5.91 Å². The van der Waals surface area contributed by atoms with Gasteiger partial charge in [-0.3, -0.25) is 10.1 Å². The van der Waals surface area contributed by atoms with E-state index < -0.39 is 0 Å². The molecule has 1 rings (SSSR count). The number of amides is 1. The molecule has 5 nitrogen and oxygen atoms in total. The van der Waals surface area contributed by atoms with Crippen LogP contribution in [0, 0.1) is 6.92 Å². The Hall–Kier alpha value is -1.36.